The summed E-state index contributed by atoms with van der Waals surface area (Å²) in [6.07, 6.45) is 0. The zero-order valence-corrected chi connectivity index (χ0v) is 17.7. The normalized spacial score (nSPS) is 10.5. The molecular formula is C23H23NO4S. The average molecular weight is 410 g/mol. The monoisotopic (exact) mass is 409 g/mol. The minimum atomic E-state index is -0.480. The lowest BCUT2D eigenvalue weighted by molar-refractivity contribution is 0.0529. The van der Waals surface area contributed by atoms with Crippen LogP contribution in [0.5, 0.6) is 5.75 Å². The van der Waals surface area contributed by atoms with E-state index in [0.717, 1.165) is 16.7 Å². The van der Waals surface area contributed by atoms with E-state index in [-0.39, 0.29) is 12.5 Å². The van der Waals surface area contributed by atoms with E-state index >= 15 is 0 Å². The van der Waals surface area contributed by atoms with Gasteiger partial charge < -0.3 is 14.8 Å². The summed E-state index contributed by atoms with van der Waals surface area (Å²) in [6, 6.07) is 13.1. The minimum Gasteiger partial charge on any atom is -0.496 e. The van der Waals surface area contributed by atoms with E-state index < -0.39 is 5.97 Å². The zero-order chi connectivity index (χ0) is 21.0. The molecule has 1 aromatic heterocycles. The number of amides is 1. The second-order valence-corrected chi connectivity index (χ2v) is 7.48. The number of ether oxygens (including phenoxy) is 2. The number of anilines is 1. The van der Waals surface area contributed by atoms with E-state index in [2.05, 4.69) is 5.32 Å². The molecule has 0 spiro atoms. The number of hydrogen-bond acceptors (Lipinski definition) is 5. The second kappa shape index (κ2) is 8.92. The van der Waals surface area contributed by atoms with Gasteiger partial charge in [0, 0.05) is 22.1 Å². The Morgan fingerprint density at radius 2 is 1.79 bits per heavy atom. The SMILES string of the molecule is CCOC(=O)c1c(-c2cc(C)ccc2OC)csc1NC(=O)c1cccc(C)c1. The maximum Gasteiger partial charge on any atom is 0.341 e. The number of rotatable bonds is 6. The van der Waals surface area contributed by atoms with E-state index in [9.17, 15) is 9.59 Å². The molecule has 0 aliphatic carbocycles. The molecule has 0 radical (unpaired) electrons. The van der Waals surface area contributed by atoms with Crippen molar-refractivity contribution >= 4 is 28.2 Å². The molecule has 0 aliphatic rings. The third-order valence-corrected chi connectivity index (χ3v) is 5.32. The highest BCUT2D eigenvalue weighted by Gasteiger charge is 2.25. The summed E-state index contributed by atoms with van der Waals surface area (Å²) in [5, 5.41) is 5.17. The van der Waals surface area contributed by atoms with E-state index in [4.69, 9.17) is 9.47 Å². The summed E-state index contributed by atoms with van der Waals surface area (Å²) in [7, 11) is 1.59. The number of benzene rings is 2. The predicted octanol–water partition coefficient (Wildman–Crippen LogP) is 5.47. The maximum atomic E-state index is 12.8. The Bertz CT molecular complexity index is 1050. The van der Waals surface area contributed by atoms with Crippen molar-refractivity contribution < 1.29 is 19.1 Å². The van der Waals surface area contributed by atoms with Gasteiger partial charge in [-0.3, -0.25) is 4.79 Å². The first-order valence-electron chi connectivity index (χ1n) is 9.26. The van der Waals surface area contributed by atoms with E-state index in [0.29, 0.717) is 27.4 Å². The molecule has 0 bridgehead atoms. The van der Waals surface area contributed by atoms with Crippen LogP contribution >= 0.6 is 11.3 Å². The van der Waals surface area contributed by atoms with Gasteiger partial charge in [-0.25, -0.2) is 4.79 Å². The molecule has 0 saturated carbocycles. The first-order valence-corrected chi connectivity index (χ1v) is 10.1. The molecule has 1 heterocycles. The molecule has 0 fully saturated rings. The number of aryl methyl sites for hydroxylation is 2. The highest BCUT2D eigenvalue weighted by Crippen LogP contribution is 2.40. The number of hydrogen-bond donors (Lipinski definition) is 1. The average Bonchev–Trinajstić information content (AvgIpc) is 3.11. The summed E-state index contributed by atoms with van der Waals surface area (Å²) in [5.41, 5.74) is 4.34. The van der Waals surface area contributed by atoms with Gasteiger partial charge in [-0.1, -0.05) is 29.3 Å². The first kappa shape index (κ1) is 20.6. The zero-order valence-electron chi connectivity index (χ0n) is 16.9. The Morgan fingerprint density at radius 1 is 1.03 bits per heavy atom. The lowest BCUT2D eigenvalue weighted by Gasteiger charge is -2.12. The molecule has 5 nitrogen and oxygen atoms in total. The van der Waals surface area contributed by atoms with Crippen LogP contribution in [0.2, 0.25) is 0 Å². The molecule has 0 atom stereocenters. The van der Waals surface area contributed by atoms with Gasteiger partial charge in [0.1, 0.15) is 16.3 Å². The number of methoxy groups -OCH3 is 1. The summed E-state index contributed by atoms with van der Waals surface area (Å²) >= 11 is 1.29. The van der Waals surface area contributed by atoms with Crippen molar-refractivity contribution in [3.05, 3.63) is 70.1 Å². The molecule has 29 heavy (non-hydrogen) atoms. The van der Waals surface area contributed by atoms with E-state index in [1.165, 1.54) is 11.3 Å². The second-order valence-electron chi connectivity index (χ2n) is 6.60. The number of carbonyl (C=O) groups is 2. The van der Waals surface area contributed by atoms with Crippen molar-refractivity contribution in [2.45, 2.75) is 20.8 Å². The minimum absolute atomic E-state index is 0.240. The Labute approximate surface area is 174 Å². The van der Waals surface area contributed by atoms with Gasteiger partial charge >= 0.3 is 5.97 Å². The van der Waals surface area contributed by atoms with Gasteiger partial charge in [-0.05, 0) is 45.0 Å². The van der Waals surface area contributed by atoms with Crippen LogP contribution < -0.4 is 10.1 Å². The van der Waals surface area contributed by atoms with Crippen LogP contribution in [-0.2, 0) is 4.74 Å². The molecule has 0 saturated heterocycles. The molecule has 3 aromatic rings. The van der Waals surface area contributed by atoms with Crippen molar-refractivity contribution in [1.82, 2.24) is 0 Å². The van der Waals surface area contributed by atoms with Gasteiger partial charge in [-0.15, -0.1) is 11.3 Å². The number of thiophene rings is 1. The summed E-state index contributed by atoms with van der Waals surface area (Å²) in [6.45, 7) is 5.89. The number of carbonyl (C=O) groups excluding carboxylic acids is 2. The Hall–Kier alpha value is -3.12. The van der Waals surface area contributed by atoms with Crippen LogP contribution in [-0.4, -0.2) is 25.6 Å². The Kier molecular flexibility index (Phi) is 6.34. The number of nitrogens with one attached hydrogen (secondary N) is 1. The van der Waals surface area contributed by atoms with E-state index in [1.54, 1.807) is 26.2 Å². The van der Waals surface area contributed by atoms with Crippen molar-refractivity contribution in [3.63, 3.8) is 0 Å². The topological polar surface area (TPSA) is 64.6 Å². The Balaban J connectivity index is 2.06. The fourth-order valence-corrected chi connectivity index (χ4v) is 3.99. The van der Waals surface area contributed by atoms with Crippen molar-refractivity contribution in [2.75, 3.05) is 19.0 Å². The summed E-state index contributed by atoms with van der Waals surface area (Å²) in [5.74, 6) is -0.105. The van der Waals surface area contributed by atoms with Crippen LogP contribution in [0.4, 0.5) is 5.00 Å². The highest BCUT2D eigenvalue weighted by atomic mass is 32.1. The largest absolute Gasteiger partial charge is 0.496 e. The van der Waals surface area contributed by atoms with Crippen molar-refractivity contribution in [2.24, 2.45) is 0 Å². The molecular weight excluding hydrogens is 386 g/mol. The van der Waals surface area contributed by atoms with Gasteiger partial charge in [0.25, 0.3) is 5.91 Å². The van der Waals surface area contributed by atoms with Crippen LogP contribution in [0.3, 0.4) is 0 Å². The third kappa shape index (κ3) is 4.49. The van der Waals surface area contributed by atoms with Gasteiger partial charge in [0.2, 0.25) is 0 Å². The van der Waals surface area contributed by atoms with Gasteiger partial charge in [-0.2, -0.15) is 0 Å². The van der Waals surface area contributed by atoms with E-state index in [1.807, 2.05) is 49.6 Å². The molecule has 1 N–H and O–H groups in total. The van der Waals surface area contributed by atoms with Crippen LogP contribution in [0.15, 0.2) is 47.8 Å². The highest BCUT2D eigenvalue weighted by molar-refractivity contribution is 7.15. The Morgan fingerprint density at radius 3 is 2.48 bits per heavy atom. The van der Waals surface area contributed by atoms with Crippen LogP contribution in [0.1, 0.15) is 38.8 Å². The molecule has 150 valence electrons. The molecule has 6 heteroatoms. The molecule has 3 rings (SSSR count). The summed E-state index contributed by atoms with van der Waals surface area (Å²) in [4.78, 5) is 25.5. The van der Waals surface area contributed by atoms with Crippen molar-refractivity contribution in [1.29, 1.82) is 0 Å². The van der Waals surface area contributed by atoms with Crippen LogP contribution in [0, 0.1) is 13.8 Å². The lowest BCUT2D eigenvalue weighted by Crippen LogP contribution is -2.15. The fourth-order valence-electron chi connectivity index (χ4n) is 3.05. The van der Waals surface area contributed by atoms with Crippen LogP contribution in [0.25, 0.3) is 11.1 Å². The quantitative estimate of drug-likeness (QED) is 0.548. The number of esters is 1. The molecule has 0 unspecified atom stereocenters. The van der Waals surface area contributed by atoms with Gasteiger partial charge in [0.05, 0.1) is 13.7 Å². The van der Waals surface area contributed by atoms with Crippen molar-refractivity contribution in [3.8, 4) is 16.9 Å². The first-order chi connectivity index (χ1) is 13.9. The fraction of sp³-hybridized carbons (Fsp3) is 0.217. The smallest absolute Gasteiger partial charge is 0.341 e. The predicted molar refractivity (Wildman–Crippen MR) is 116 cm³/mol. The van der Waals surface area contributed by atoms with Gasteiger partial charge in [0.15, 0.2) is 0 Å². The standard InChI is InChI=1S/C23H23NO4S/c1-5-28-23(26)20-18(17-12-15(3)9-10-19(17)27-4)13-29-22(20)24-21(25)16-8-6-7-14(2)11-16/h6-13H,5H2,1-4H3,(H,24,25). The lowest BCUT2D eigenvalue weighted by atomic mass is 10.0. The summed E-state index contributed by atoms with van der Waals surface area (Å²) < 4.78 is 10.8. The molecule has 1 amide bonds. The third-order valence-electron chi connectivity index (χ3n) is 4.42. The maximum absolute atomic E-state index is 12.8. The molecule has 0 aliphatic heterocycles. The molecule has 2 aromatic carbocycles.